The summed E-state index contributed by atoms with van der Waals surface area (Å²) >= 11 is 7.62. The summed E-state index contributed by atoms with van der Waals surface area (Å²) in [4.78, 5) is 7.64. The number of benzene rings is 1. The largest absolute Gasteiger partial charge is 0.468 e. The van der Waals surface area contributed by atoms with E-state index in [9.17, 15) is 0 Å². The van der Waals surface area contributed by atoms with Crippen LogP contribution in [0.4, 0.5) is 0 Å². The molecular formula is C19H20ClN3OS. The first kappa shape index (κ1) is 17.7. The maximum absolute atomic E-state index is 5.95. The molecule has 0 unspecified atom stereocenters. The third-order valence-electron chi connectivity index (χ3n) is 3.59. The Morgan fingerprint density at radius 1 is 1.28 bits per heavy atom. The van der Waals surface area contributed by atoms with Crippen molar-refractivity contribution < 1.29 is 4.42 Å². The van der Waals surface area contributed by atoms with Crippen LogP contribution in [0.3, 0.4) is 0 Å². The van der Waals surface area contributed by atoms with Crippen molar-refractivity contribution in [2.45, 2.75) is 19.9 Å². The maximum Gasteiger partial charge on any atom is 0.117 e. The molecule has 3 aromatic heterocycles. The minimum atomic E-state index is 0.771. The summed E-state index contributed by atoms with van der Waals surface area (Å²) in [5.41, 5.74) is 2.29. The highest BCUT2D eigenvalue weighted by atomic mass is 35.5. The van der Waals surface area contributed by atoms with E-state index in [1.165, 1.54) is 5.69 Å². The lowest BCUT2D eigenvalue weighted by molar-refractivity contribution is 0.487. The van der Waals surface area contributed by atoms with Gasteiger partial charge in [-0.15, -0.1) is 11.3 Å². The average molecular weight is 374 g/mol. The summed E-state index contributed by atoms with van der Waals surface area (Å²) in [5.74, 6) is 0.997. The molecule has 4 aromatic rings. The highest BCUT2D eigenvalue weighted by Gasteiger charge is 2.03. The van der Waals surface area contributed by atoms with Crippen molar-refractivity contribution in [3.63, 3.8) is 0 Å². The lowest BCUT2D eigenvalue weighted by atomic mass is 10.2. The van der Waals surface area contributed by atoms with E-state index in [1.54, 1.807) is 17.6 Å². The Bertz CT molecular complexity index is 885. The Morgan fingerprint density at radius 3 is 2.92 bits per heavy atom. The fourth-order valence-electron chi connectivity index (χ4n) is 2.42. The van der Waals surface area contributed by atoms with Crippen molar-refractivity contribution in [2.24, 2.45) is 0 Å². The van der Waals surface area contributed by atoms with Crippen molar-refractivity contribution in [2.75, 3.05) is 6.54 Å². The van der Waals surface area contributed by atoms with Crippen molar-refractivity contribution in [3.8, 4) is 0 Å². The minimum Gasteiger partial charge on any atom is -0.468 e. The van der Waals surface area contributed by atoms with Gasteiger partial charge in [0, 0.05) is 39.6 Å². The van der Waals surface area contributed by atoms with Crippen LogP contribution in [-0.2, 0) is 13.0 Å². The molecule has 0 aliphatic heterocycles. The molecule has 0 saturated carbocycles. The standard InChI is InChI=1S/C12H9ClN2S.C7H11NO/c13-9-1-2-11-8(5-9)6-10(15-11)7-12-14-3-4-16-12;1-2-8-6-7-4-3-5-9-7/h1-6,15H,7H2;3-5,8H,2,6H2,1H3. The van der Waals surface area contributed by atoms with E-state index in [2.05, 4.69) is 28.3 Å². The molecule has 130 valence electrons. The predicted molar refractivity (Wildman–Crippen MR) is 104 cm³/mol. The molecule has 2 N–H and O–H groups in total. The van der Waals surface area contributed by atoms with Crippen LogP contribution in [0.25, 0.3) is 10.9 Å². The summed E-state index contributed by atoms with van der Waals surface area (Å²) in [7, 11) is 0. The fraction of sp³-hybridized carbons (Fsp3) is 0.211. The molecular weight excluding hydrogens is 354 g/mol. The zero-order valence-corrected chi connectivity index (χ0v) is 15.5. The second kappa shape index (κ2) is 8.85. The van der Waals surface area contributed by atoms with Gasteiger partial charge in [0.05, 0.1) is 17.8 Å². The molecule has 25 heavy (non-hydrogen) atoms. The molecule has 0 atom stereocenters. The first-order valence-electron chi connectivity index (χ1n) is 8.13. The monoisotopic (exact) mass is 373 g/mol. The molecule has 0 saturated heterocycles. The molecule has 0 aliphatic rings. The minimum absolute atomic E-state index is 0.771. The fourth-order valence-corrected chi connectivity index (χ4v) is 3.24. The van der Waals surface area contributed by atoms with Gasteiger partial charge in [-0.3, -0.25) is 0 Å². The molecule has 0 amide bonds. The topological polar surface area (TPSA) is 53.9 Å². The molecule has 3 heterocycles. The van der Waals surface area contributed by atoms with E-state index >= 15 is 0 Å². The van der Waals surface area contributed by atoms with E-state index in [0.717, 1.165) is 46.2 Å². The summed E-state index contributed by atoms with van der Waals surface area (Å²) in [6.07, 6.45) is 4.37. The summed E-state index contributed by atoms with van der Waals surface area (Å²) < 4.78 is 5.07. The Kier molecular flexibility index (Phi) is 6.28. The molecule has 0 spiro atoms. The van der Waals surface area contributed by atoms with Gasteiger partial charge in [0.2, 0.25) is 0 Å². The molecule has 6 heteroatoms. The second-order valence-corrected chi connectivity index (χ2v) is 6.90. The van der Waals surface area contributed by atoms with Crippen LogP contribution in [-0.4, -0.2) is 16.5 Å². The molecule has 0 bridgehead atoms. The molecule has 0 fully saturated rings. The highest BCUT2D eigenvalue weighted by Crippen LogP contribution is 2.21. The summed E-state index contributed by atoms with van der Waals surface area (Å²) in [5, 5.41) is 8.20. The van der Waals surface area contributed by atoms with Gasteiger partial charge in [-0.25, -0.2) is 4.98 Å². The SMILES string of the molecule is CCNCc1ccco1.Clc1ccc2[nH]c(Cc3nccs3)cc2c1. The number of H-pyrrole nitrogens is 1. The van der Waals surface area contributed by atoms with Gasteiger partial charge in [-0.1, -0.05) is 18.5 Å². The number of thiazole rings is 1. The van der Waals surface area contributed by atoms with Gasteiger partial charge in [0.25, 0.3) is 0 Å². The number of fused-ring (bicyclic) bond motifs is 1. The van der Waals surface area contributed by atoms with Crippen molar-refractivity contribution in [3.05, 3.63) is 75.7 Å². The molecule has 0 aliphatic carbocycles. The first-order chi connectivity index (χ1) is 12.2. The lowest BCUT2D eigenvalue weighted by Crippen LogP contribution is -2.10. The van der Waals surface area contributed by atoms with Crippen LogP contribution in [0.1, 0.15) is 23.4 Å². The van der Waals surface area contributed by atoms with Crippen LogP contribution in [0, 0.1) is 0 Å². The summed E-state index contributed by atoms with van der Waals surface area (Å²) in [6, 6.07) is 11.9. The van der Waals surface area contributed by atoms with E-state index in [1.807, 2.05) is 41.9 Å². The smallest absolute Gasteiger partial charge is 0.117 e. The number of hydrogen-bond acceptors (Lipinski definition) is 4. The van der Waals surface area contributed by atoms with E-state index in [0.29, 0.717) is 0 Å². The van der Waals surface area contributed by atoms with Gasteiger partial charge < -0.3 is 14.7 Å². The zero-order valence-electron chi connectivity index (χ0n) is 14.0. The van der Waals surface area contributed by atoms with Crippen molar-refractivity contribution in [1.82, 2.24) is 15.3 Å². The van der Waals surface area contributed by atoms with Crippen LogP contribution < -0.4 is 5.32 Å². The Balaban J connectivity index is 0.000000173. The normalized spacial score (nSPS) is 10.6. The number of halogens is 1. The van der Waals surface area contributed by atoms with Gasteiger partial charge in [-0.05, 0) is 42.9 Å². The van der Waals surface area contributed by atoms with Crippen LogP contribution in [0.15, 0.2) is 58.7 Å². The Morgan fingerprint density at radius 2 is 2.20 bits per heavy atom. The molecule has 1 aromatic carbocycles. The Hall–Kier alpha value is -2.08. The number of aromatic nitrogens is 2. The number of nitrogens with zero attached hydrogens (tertiary/aromatic N) is 1. The van der Waals surface area contributed by atoms with Crippen molar-refractivity contribution >= 4 is 33.8 Å². The molecule has 4 nitrogen and oxygen atoms in total. The van der Waals surface area contributed by atoms with E-state index in [-0.39, 0.29) is 0 Å². The predicted octanol–water partition coefficient (Wildman–Crippen LogP) is 5.26. The first-order valence-corrected chi connectivity index (χ1v) is 9.39. The maximum atomic E-state index is 5.95. The van der Waals surface area contributed by atoms with Gasteiger partial charge in [0.1, 0.15) is 5.76 Å². The summed E-state index contributed by atoms with van der Waals surface area (Å²) in [6.45, 7) is 3.90. The van der Waals surface area contributed by atoms with Crippen LogP contribution in [0.5, 0.6) is 0 Å². The third kappa shape index (κ3) is 5.19. The van der Waals surface area contributed by atoms with E-state index < -0.39 is 0 Å². The molecule has 0 radical (unpaired) electrons. The van der Waals surface area contributed by atoms with E-state index in [4.69, 9.17) is 16.0 Å². The Labute approximate surface area is 155 Å². The average Bonchev–Trinajstić information content (AvgIpc) is 3.35. The highest BCUT2D eigenvalue weighted by molar-refractivity contribution is 7.09. The van der Waals surface area contributed by atoms with Crippen LogP contribution in [0.2, 0.25) is 5.02 Å². The van der Waals surface area contributed by atoms with Gasteiger partial charge in [-0.2, -0.15) is 0 Å². The zero-order chi connectivity index (χ0) is 17.5. The number of hydrogen-bond donors (Lipinski definition) is 2. The van der Waals surface area contributed by atoms with Gasteiger partial charge in [0.15, 0.2) is 0 Å². The van der Waals surface area contributed by atoms with Crippen LogP contribution >= 0.6 is 22.9 Å². The number of aromatic amines is 1. The lowest BCUT2D eigenvalue weighted by Gasteiger charge is -1.94. The quantitative estimate of drug-likeness (QED) is 0.501. The van der Waals surface area contributed by atoms with Crippen molar-refractivity contribution in [1.29, 1.82) is 0 Å². The second-order valence-electron chi connectivity index (χ2n) is 5.49. The third-order valence-corrected chi connectivity index (χ3v) is 4.61. The van der Waals surface area contributed by atoms with Gasteiger partial charge >= 0.3 is 0 Å². The number of furan rings is 1. The molecule has 4 rings (SSSR count). The number of rotatable bonds is 5. The number of nitrogens with one attached hydrogen (secondary N) is 2.